The number of esters is 2. The van der Waals surface area contributed by atoms with Gasteiger partial charge in [-0.05, 0) is 44.9 Å². The Kier molecular flexibility index (Phi) is 60.9. The third kappa shape index (κ3) is 65.6. The number of rotatable bonds is 66. The fraction of sp³-hybridized carbons (Fsp3) is 0.914. The molecule has 10 heteroatoms. The number of hydrogen-bond donors (Lipinski definition) is 1. The van der Waals surface area contributed by atoms with E-state index in [1.807, 2.05) is 21.1 Å². The van der Waals surface area contributed by atoms with E-state index in [4.69, 9.17) is 18.5 Å². The number of carbonyl (C=O) groups excluding carboxylic acids is 2. The first-order valence-corrected chi connectivity index (χ1v) is 36.6. The van der Waals surface area contributed by atoms with E-state index in [-0.39, 0.29) is 25.6 Å². The molecule has 2 atom stereocenters. The summed E-state index contributed by atoms with van der Waals surface area (Å²) >= 11 is 0. The highest BCUT2D eigenvalue weighted by molar-refractivity contribution is 7.47. The van der Waals surface area contributed by atoms with Crippen LogP contribution in [0.5, 0.6) is 0 Å². The first kappa shape index (κ1) is 78.5. The van der Waals surface area contributed by atoms with Crippen molar-refractivity contribution in [1.82, 2.24) is 0 Å². The zero-order chi connectivity index (χ0) is 58.4. The van der Waals surface area contributed by atoms with Crippen LogP contribution in [0.15, 0.2) is 24.3 Å². The van der Waals surface area contributed by atoms with E-state index in [0.29, 0.717) is 17.4 Å². The van der Waals surface area contributed by atoms with Crippen molar-refractivity contribution in [1.29, 1.82) is 0 Å². The smallest absolute Gasteiger partial charge is 0.462 e. The van der Waals surface area contributed by atoms with E-state index < -0.39 is 26.5 Å². The molecule has 0 amide bonds. The van der Waals surface area contributed by atoms with E-state index in [2.05, 4.69) is 38.2 Å². The van der Waals surface area contributed by atoms with Gasteiger partial charge in [0.2, 0.25) is 0 Å². The van der Waals surface area contributed by atoms with Crippen molar-refractivity contribution in [3.63, 3.8) is 0 Å². The number of nitrogens with zero attached hydrogens (tertiary/aromatic N) is 1. The van der Waals surface area contributed by atoms with Crippen LogP contribution >= 0.6 is 7.82 Å². The molecule has 0 saturated carbocycles. The molecular weight excluding hydrogens is 1010 g/mol. The third-order valence-corrected chi connectivity index (χ3v) is 17.0. The van der Waals surface area contributed by atoms with Gasteiger partial charge in [-0.25, -0.2) is 4.57 Å². The van der Waals surface area contributed by atoms with Gasteiger partial charge >= 0.3 is 19.8 Å². The van der Waals surface area contributed by atoms with Crippen molar-refractivity contribution in [2.24, 2.45) is 0 Å². The summed E-state index contributed by atoms with van der Waals surface area (Å²) in [5, 5.41) is 0. The molecule has 0 rings (SSSR count). The van der Waals surface area contributed by atoms with Crippen molar-refractivity contribution >= 4 is 19.8 Å². The van der Waals surface area contributed by atoms with Crippen LogP contribution in [0.3, 0.4) is 0 Å². The number of quaternary nitrogens is 1. The second kappa shape index (κ2) is 62.0. The predicted molar refractivity (Wildman–Crippen MR) is 344 cm³/mol. The van der Waals surface area contributed by atoms with Crippen molar-refractivity contribution < 1.29 is 42.1 Å². The summed E-state index contributed by atoms with van der Waals surface area (Å²) in [5.41, 5.74) is 0. The van der Waals surface area contributed by atoms with Crippen LogP contribution in [0.4, 0.5) is 0 Å². The van der Waals surface area contributed by atoms with Crippen LogP contribution in [-0.4, -0.2) is 74.9 Å². The number of phosphoric ester groups is 1. The summed E-state index contributed by atoms with van der Waals surface area (Å²) in [6, 6.07) is 0. The molecule has 2 unspecified atom stereocenters. The Hall–Kier alpha value is -1.51. The SMILES string of the molecule is CCCCCCC/C=C\C/C=C\CCCCCCCCCCCCCCCCCCCCCCCCCCCC(=O)OC(COC(=O)CCCCCCCCCCCCCCCCCCCCC)COP(=O)(O)OCC[N+](C)(C)C. The molecule has 9 nitrogen and oxygen atoms in total. The van der Waals surface area contributed by atoms with Crippen LogP contribution in [0.25, 0.3) is 0 Å². The highest BCUT2D eigenvalue weighted by Gasteiger charge is 2.27. The van der Waals surface area contributed by atoms with Gasteiger partial charge in [0, 0.05) is 12.8 Å². The van der Waals surface area contributed by atoms with Gasteiger partial charge < -0.3 is 18.9 Å². The Labute approximate surface area is 498 Å². The molecule has 0 aliphatic carbocycles. The van der Waals surface area contributed by atoms with Gasteiger partial charge in [0.1, 0.15) is 19.8 Å². The summed E-state index contributed by atoms with van der Waals surface area (Å²) in [6.45, 7) is 4.50. The lowest BCUT2D eigenvalue weighted by Gasteiger charge is -2.24. The largest absolute Gasteiger partial charge is 0.472 e. The van der Waals surface area contributed by atoms with Crippen LogP contribution in [0, 0.1) is 0 Å². The summed E-state index contributed by atoms with van der Waals surface area (Å²) in [5.74, 6) is -0.772. The number of likely N-dealkylation sites (N-methyl/N-ethyl adjacent to an activating group) is 1. The Morgan fingerprint density at radius 3 is 0.988 bits per heavy atom. The van der Waals surface area contributed by atoms with E-state index in [9.17, 15) is 19.0 Å². The third-order valence-electron chi connectivity index (χ3n) is 16.0. The minimum absolute atomic E-state index is 0.0362. The topological polar surface area (TPSA) is 108 Å². The molecular formula is C70H137NO8P+. The first-order chi connectivity index (χ1) is 39.0. The monoisotopic (exact) mass is 1150 g/mol. The number of phosphoric acid groups is 1. The highest BCUT2D eigenvalue weighted by Crippen LogP contribution is 2.43. The van der Waals surface area contributed by atoms with Crippen molar-refractivity contribution in [3.05, 3.63) is 24.3 Å². The predicted octanol–water partition coefficient (Wildman–Crippen LogP) is 22.5. The summed E-state index contributed by atoms with van der Waals surface area (Å²) in [7, 11) is 1.50. The number of allylic oxidation sites excluding steroid dienone is 4. The zero-order valence-electron chi connectivity index (χ0n) is 54.1. The maximum atomic E-state index is 12.9. The molecule has 0 aliphatic rings. The molecule has 0 aromatic rings. The molecule has 0 aromatic heterocycles. The second-order valence-electron chi connectivity index (χ2n) is 25.3. The normalized spacial score (nSPS) is 13.2. The van der Waals surface area contributed by atoms with E-state index in [1.54, 1.807) is 0 Å². The highest BCUT2D eigenvalue weighted by atomic mass is 31.2. The molecule has 0 bridgehead atoms. The summed E-state index contributed by atoms with van der Waals surface area (Å²) in [6.07, 6.45) is 77.2. The Bertz CT molecular complexity index is 1400. The number of unbranched alkanes of at least 4 members (excludes halogenated alkanes) is 48. The van der Waals surface area contributed by atoms with Gasteiger partial charge in [-0.3, -0.25) is 18.6 Å². The minimum atomic E-state index is -4.38. The fourth-order valence-corrected chi connectivity index (χ4v) is 11.3. The maximum absolute atomic E-state index is 12.9. The quantitative estimate of drug-likeness (QED) is 0.0211. The number of hydrogen-bond acceptors (Lipinski definition) is 7. The molecule has 0 fully saturated rings. The van der Waals surface area contributed by atoms with Gasteiger partial charge in [0.25, 0.3) is 0 Å². The maximum Gasteiger partial charge on any atom is 0.472 e. The molecule has 474 valence electrons. The Morgan fingerprint density at radius 2 is 0.675 bits per heavy atom. The van der Waals surface area contributed by atoms with E-state index in [0.717, 1.165) is 44.9 Å². The Morgan fingerprint density at radius 1 is 0.388 bits per heavy atom. The lowest BCUT2D eigenvalue weighted by atomic mass is 10.0. The van der Waals surface area contributed by atoms with Gasteiger partial charge in [-0.1, -0.05) is 327 Å². The lowest BCUT2D eigenvalue weighted by Crippen LogP contribution is -2.37. The van der Waals surface area contributed by atoms with Crippen LogP contribution < -0.4 is 0 Å². The molecule has 0 aromatic carbocycles. The van der Waals surface area contributed by atoms with Crippen LogP contribution in [0.1, 0.15) is 361 Å². The van der Waals surface area contributed by atoms with Crippen molar-refractivity contribution in [3.8, 4) is 0 Å². The van der Waals surface area contributed by atoms with Gasteiger partial charge in [0.15, 0.2) is 6.10 Å². The van der Waals surface area contributed by atoms with E-state index >= 15 is 0 Å². The molecule has 0 heterocycles. The summed E-state index contributed by atoms with van der Waals surface area (Å²) in [4.78, 5) is 35.8. The van der Waals surface area contributed by atoms with Gasteiger partial charge in [-0.15, -0.1) is 0 Å². The molecule has 80 heavy (non-hydrogen) atoms. The molecule has 0 aliphatic heterocycles. The fourth-order valence-electron chi connectivity index (χ4n) is 10.6. The van der Waals surface area contributed by atoms with Crippen LogP contribution in [-0.2, 0) is 32.7 Å². The molecule has 1 N–H and O–H groups in total. The molecule has 0 radical (unpaired) electrons. The number of ether oxygens (including phenoxy) is 2. The molecule has 0 spiro atoms. The summed E-state index contributed by atoms with van der Waals surface area (Å²) < 4.78 is 34.7. The number of carbonyl (C=O) groups is 2. The van der Waals surface area contributed by atoms with E-state index in [1.165, 1.54) is 289 Å². The second-order valence-corrected chi connectivity index (χ2v) is 26.7. The first-order valence-electron chi connectivity index (χ1n) is 35.1. The van der Waals surface area contributed by atoms with Crippen molar-refractivity contribution in [2.45, 2.75) is 367 Å². The average molecular weight is 1150 g/mol. The Balaban J connectivity index is 3.91. The van der Waals surface area contributed by atoms with Crippen LogP contribution in [0.2, 0.25) is 0 Å². The average Bonchev–Trinajstić information content (AvgIpc) is 3.42. The van der Waals surface area contributed by atoms with Gasteiger partial charge in [0.05, 0.1) is 27.7 Å². The minimum Gasteiger partial charge on any atom is -0.462 e. The molecule has 0 saturated heterocycles. The van der Waals surface area contributed by atoms with Crippen molar-refractivity contribution in [2.75, 3.05) is 47.5 Å². The van der Waals surface area contributed by atoms with Gasteiger partial charge in [-0.2, -0.15) is 0 Å². The zero-order valence-corrected chi connectivity index (χ0v) is 55.0. The lowest BCUT2D eigenvalue weighted by molar-refractivity contribution is -0.870. The standard InChI is InChI=1S/C70H136NO8P/c1-6-8-10-12-14-16-18-20-22-24-26-27-28-29-30-31-32-33-34-35-36-37-38-39-40-41-42-43-45-47-49-51-53-55-57-59-61-63-70(73)79-68(67-78-80(74,75)77-65-64-71(3,4)5)66-76-69(72)62-60-58-56-54-52-50-48-46-44-25-23-21-19-17-15-13-11-9-7-2/h18,20,24,26,68H,6-17,19,21-23,25,27-67H2,1-5H3/p+1/b20-18-,26-24-.